The van der Waals surface area contributed by atoms with E-state index in [1.807, 2.05) is 0 Å². The molecule has 0 amide bonds. The fourth-order valence-corrected chi connectivity index (χ4v) is 5.49. The number of ether oxygens (including phenoxy) is 3. The van der Waals surface area contributed by atoms with E-state index < -0.39 is 23.3 Å². The minimum absolute atomic E-state index is 0.0162. The van der Waals surface area contributed by atoms with Gasteiger partial charge in [0.05, 0.1) is 25.4 Å². The van der Waals surface area contributed by atoms with Crippen molar-refractivity contribution >= 4 is 0 Å². The van der Waals surface area contributed by atoms with Gasteiger partial charge in [-0.25, -0.2) is 13.2 Å². The van der Waals surface area contributed by atoms with Gasteiger partial charge >= 0.3 is 0 Å². The van der Waals surface area contributed by atoms with E-state index in [9.17, 15) is 17.6 Å². The van der Waals surface area contributed by atoms with Crippen LogP contribution in [0.25, 0.3) is 11.1 Å². The van der Waals surface area contributed by atoms with Crippen molar-refractivity contribution < 1.29 is 31.8 Å². The van der Waals surface area contributed by atoms with Crippen LogP contribution in [-0.4, -0.2) is 32.0 Å². The third-order valence-electron chi connectivity index (χ3n) is 7.57. The van der Waals surface area contributed by atoms with E-state index in [2.05, 4.69) is 6.92 Å². The Morgan fingerprint density at radius 3 is 2.17 bits per heavy atom. The molecule has 2 aliphatic rings. The zero-order valence-electron chi connectivity index (χ0n) is 21.1. The highest BCUT2D eigenvalue weighted by atomic mass is 19.2. The van der Waals surface area contributed by atoms with Crippen molar-refractivity contribution in [3.05, 3.63) is 53.1 Å². The largest absolute Gasteiger partial charge is 0.491 e. The second-order valence-corrected chi connectivity index (χ2v) is 10.0. The molecule has 198 valence electrons. The smallest absolute Gasteiger partial charge is 0.201 e. The van der Waals surface area contributed by atoms with Crippen LogP contribution < -0.4 is 4.74 Å². The minimum Gasteiger partial charge on any atom is -0.491 e. The summed E-state index contributed by atoms with van der Waals surface area (Å²) in [5.74, 6) is -3.90. The summed E-state index contributed by atoms with van der Waals surface area (Å²) in [6.07, 6.45) is 7.69. The average Bonchev–Trinajstić information content (AvgIpc) is 2.89. The van der Waals surface area contributed by atoms with Gasteiger partial charge in [-0.05, 0) is 75.5 Å². The third-order valence-corrected chi connectivity index (χ3v) is 7.57. The Hall–Kier alpha value is -2.12. The lowest BCUT2D eigenvalue weighted by Gasteiger charge is -2.38. The maximum Gasteiger partial charge on any atom is 0.201 e. The molecule has 2 aromatic rings. The van der Waals surface area contributed by atoms with Gasteiger partial charge in [-0.15, -0.1) is 0 Å². The number of aryl methyl sites for hydroxylation is 1. The van der Waals surface area contributed by atoms with E-state index in [1.165, 1.54) is 43.5 Å². The lowest BCUT2D eigenvalue weighted by molar-refractivity contribution is -0.104. The molecule has 4 atom stereocenters. The van der Waals surface area contributed by atoms with Crippen molar-refractivity contribution in [2.75, 3.05) is 19.8 Å². The Bertz CT molecular complexity index is 1010. The van der Waals surface area contributed by atoms with E-state index in [4.69, 9.17) is 14.2 Å². The topological polar surface area (TPSA) is 27.7 Å². The average molecular weight is 509 g/mol. The Labute approximate surface area is 211 Å². The molecule has 0 spiro atoms. The molecule has 0 radical (unpaired) electrons. The van der Waals surface area contributed by atoms with Crippen LogP contribution >= 0.6 is 0 Å². The van der Waals surface area contributed by atoms with E-state index in [0.29, 0.717) is 31.3 Å². The molecule has 0 N–H and O–H groups in total. The number of hydrogen-bond acceptors (Lipinski definition) is 3. The Morgan fingerprint density at radius 2 is 1.53 bits per heavy atom. The van der Waals surface area contributed by atoms with Crippen molar-refractivity contribution in [3.8, 4) is 16.9 Å². The van der Waals surface area contributed by atoms with Crippen LogP contribution in [0.5, 0.6) is 5.75 Å². The predicted molar refractivity (Wildman–Crippen MR) is 131 cm³/mol. The zero-order valence-corrected chi connectivity index (χ0v) is 21.1. The molecule has 3 nitrogen and oxygen atoms in total. The van der Waals surface area contributed by atoms with Crippen LogP contribution in [0.4, 0.5) is 17.6 Å². The van der Waals surface area contributed by atoms with Crippen molar-refractivity contribution in [2.24, 2.45) is 11.8 Å². The summed E-state index contributed by atoms with van der Waals surface area (Å²) >= 11 is 0. The van der Waals surface area contributed by atoms with E-state index in [-0.39, 0.29) is 41.3 Å². The first-order chi connectivity index (χ1) is 17.4. The van der Waals surface area contributed by atoms with Crippen LogP contribution in [0.2, 0.25) is 0 Å². The summed E-state index contributed by atoms with van der Waals surface area (Å²) in [5, 5.41) is 0. The molecule has 0 saturated carbocycles. The Balaban J connectivity index is 1.32. The Kier molecular flexibility index (Phi) is 9.29. The molecule has 2 aromatic carbocycles. The van der Waals surface area contributed by atoms with Crippen LogP contribution in [-0.2, 0) is 15.9 Å². The van der Waals surface area contributed by atoms with Gasteiger partial charge in [0.25, 0.3) is 0 Å². The van der Waals surface area contributed by atoms with Gasteiger partial charge in [0.15, 0.2) is 23.2 Å². The summed E-state index contributed by atoms with van der Waals surface area (Å²) in [6.45, 7) is 5.48. The monoisotopic (exact) mass is 508 g/mol. The summed E-state index contributed by atoms with van der Waals surface area (Å²) in [6, 6.07) is 5.16. The molecule has 2 saturated heterocycles. The summed E-state index contributed by atoms with van der Waals surface area (Å²) in [5.41, 5.74) is -0.459. The Morgan fingerprint density at radius 1 is 0.778 bits per heavy atom. The van der Waals surface area contributed by atoms with Crippen LogP contribution in [0, 0.1) is 35.1 Å². The molecule has 0 aliphatic carbocycles. The fourth-order valence-electron chi connectivity index (χ4n) is 5.49. The van der Waals surface area contributed by atoms with Crippen LogP contribution in [0.3, 0.4) is 0 Å². The normalized spacial score (nSPS) is 24.6. The first-order valence-corrected chi connectivity index (χ1v) is 13.2. The molecule has 0 aromatic heterocycles. The molecule has 36 heavy (non-hydrogen) atoms. The number of rotatable bonds is 9. The molecule has 4 unspecified atom stereocenters. The zero-order chi connectivity index (χ0) is 25.7. The standard InChI is InChI=1S/C29H36F4O3/c1-3-5-18-6-14-24(36-16-18)20-8-11-21(35-17-20)10-7-19-9-12-22(27(31)26(19)30)23-13-15-25(34-4-2)29(33)28(23)32/h9,12-13,15,18,20-21,24H,3-8,10-11,14,16-17H2,1-2H3. The van der Waals surface area contributed by atoms with Gasteiger partial charge in [-0.1, -0.05) is 25.5 Å². The maximum absolute atomic E-state index is 14.9. The molecule has 4 rings (SSSR count). The highest BCUT2D eigenvalue weighted by Crippen LogP contribution is 2.35. The highest BCUT2D eigenvalue weighted by Gasteiger charge is 2.32. The summed E-state index contributed by atoms with van der Waals surface area (Å²) in [4.78, 5) is 0. The molecular formula is C29H36F4O3. The minimum atomic E-state index is -1.26. The van der Waals surface area contributed by atoms with Crippen LogP contribution in [0.1, 0.15) is 64.4 Å². The molecule has 2 heterocycles. The van der Waals surface area contributed by atoms with E-state index >= 15 is 0 Å². The first kappa shape index (κ1) is 26.9. The molecule has 0 bridgehead atoms. The number of halogens is 4. The lowest BCUT2D eigenvalue weighted by Crippen LogP contribution is -2.38. The van der Waals surface area contributed by atoms with Gasteiger partial charge in [0.1, 0.15) is 0 Å². The van der Waals surface area contributed by atoms with Gasteiger partial charge in [-0.2, -0.15) is 4.39 Å². The molecule has 7 heteroatoms. The van der Waals surface area contributed by atoms with Gasteiger partial charge in [-0.3, -0.25) is 0 Å². The predicted octanol–water partition coefficient (Wildman–Crippen LogP) is 7.63. The first-order valence-electron chi connectivity index (χ1n) is 13.2. The summed E-state index contributed by atoms with van der Waals surface area (Å²) in [7, 11) is 0. The number of benzene rings is 2. The molecular weight excluding hydrogens is 472 g/mol. The molecule has 2 aliphatic heterocycles. The third kappa shape index (κ3) is 6.05. The van der Waals surface area contributed by atoms with Gasteiger partial charge in [0.2, 0.25) is 5.82 Å². The van der Waals surface area contributed by atoms with Crippen LogP contribution in [0.15, 0.2) is 24.3 Å². The maximum atomic E-state index is 14.9. The van der Waals surface area contributed by atoms with Crippen molar-refractivity contribution in [3.63, 3.8) is 0 Å². The quantitative estimate of drug-likeness (QED) is 0.326. The number of hydrogen-bond donors (Lipinski definition) is 0. The van der Waals surface area contributed by atoms with Gasteiger partial charge in [0, 0.05) is 23.7 Å². The van der Waals surface area contributed by atoms with Crippen molar-refractivity contribution in [1.29, 1.82) is 0 Å². The van der Waals surface area contributed by atoms with Gasteiger partial charge < -0.3 is 14.2 Å². The fraction of sp³-hybridized carbons (Fsp3) is 0.586. The molecule has 2 fully saturated rings. The SMILES string of the molecule is CCCC1CCC(C2CCC(CCc3ccc(-c4ccc(OCC)c(F)c4F)c(F)c3F)OC2)OC1. The highest BCUT2D eigenvalue weighted by molar-refractivity contribution is 5.66. The van der Waals surface area contributed by atoms with Crippen molar-refractivity contribution in [2.45, 2.75) is 77.4 Å². The second-order valence-electron chi connectivity index (χ2n) is 10.0. The van der Waals surface area contributed by atoms with Crippen molar-refractivity contribution in [1.82, 2.24) is 0 Å². The van der Waals surface area contributed by atoms with E-state index in [0.717, 1.165) is 25.9 Å². The van der Waals surface area contributed by atoms with E-state index in [1.54, 1.807) is 6.92 Å². The lowest BCUT2D eigenvalue weighted by atomic mass is 9.85. The second kappa shape index (κ2) is 12.4. The summed E-state index contributed by atoms with van der Waals surface area (Å²) < 4.78 is 75.7.